The molecule has 168 valence electrons. The number of nitrogens with zero attached hydrogens (tertiary/aromatic N) is 5. The molecular formula is C24H17ClN6O2S. The van der Waals surface area contributed by atoms with Crippen LogP contribution in [0.3, 0.4) is 0 Å². The monoisotopic (exact) mass is 488 g/mol. The summed E-state index contributed by atoms with van der Waals surface area (Å²) in [5, 5.41) is 28.3. The largest absolute Gasteiger partial charge is 0.493 e. The molecule has 2 heterocycles. The number of amides is 1. The van der Waals surface area contributed by atoms with Gasteiger partial charge in [0.15, 0.2) is 16.7 Å². The van der Waals surface area contributed by atoms with Crippen molar-refractivity contribution in [2.24, 2.45) is 10.2 Å². The number of carbonyl (C=O) groups excluding carboxylic acids is 1. The third-order valence-corrected chi connectivity index (χ3v) is 6.16. The van der Waals surface area contributed by atoms with Gasteiger partial charge >= 0.3 is 0 Å². The van der Waals surface area contributed by atoms with Crippen LogP contribution >= 0.6 is 23.4 Å². The first-order chi connectivity index (χ1) is 16.6. The van der Waals surface area contributed by atoms with E-state index in [1.165, 1.54) is 11.8 Å². The number of carbonyl (C=O) groups is 1. The average Bonchev–Trinajstić information content (AvgIpc) is 3.42. The van der Waals surface area contributed by atoms with Crippen LogP contribution in [0.1, 0.15) is 0 Å². The molecule has 0 radical (unpaired) electrons. The standard InChI is InChI=1S/C24H17ClN6O2S/c25-16-10-12-17(13-11-16)31-22(15-6-2-1-3-7-15)29-30-24(31)34-14-20(32)27-28-21-18-8-4-5-9-19(18)26-23(21)33/h1-13,26,33H,14H2. The average molecular weight is 489 g/mol. The number of aromatic nitrogens is 4. The second-order valence-corrected chi connectivity index (χ2v) is 8.61. The molecule has 0 aliphatic carbocycles. The summed E-state index contributed by atoms with van der Waals surface area (Å²) >= 11 is 7.26. The highest BCUT2D eigenvalue weighted by atomic mass is 35.5. The van der Waals surface area contributed by atoms with Gasteiger partial charge in [-0.2, -0.15) is 0 Å². The molecular weight excluding hydrogens is 472 g/mol. The number of thioether (sulfide) groups is 1. The van der Waals surface area contributed by atoms with E-state index in [1.54, 1.807) is 24.3 Å². The Morgan fingerprint density at radius 1 is 1.00 bits per heavy atom. The van der Waals surface area contributed by atoms with E-state index in [1.807, 2.05) is 59.2 Å². The van der Waals surface area contributed by atoms with E-state index in [4.69, 9.17) is 11.6 Å². The molecule has 0 saturated carbocycles. The van der Waals surface area contributed by atoms with Gasteiger partial charge in [0.2, 0.25) is 5.88 Å². The molecule has 2 aromatic heterocycles. The molecule has 0 spiro atoms. The minimum absolute atomic E-state index is 0.00682. The van der Waals surface area contributed by atoms with Gasteiger partial charge in [-0.3, -0.25) is 9.36 Å². The van der Waals surface area contributed by atoms with E-state index in [0.29, 0.717) is 26.9 Å². The Kier molecular flexibility index (Phi) is 6.11. The Labute approximate surface area is 203 Å². The number of nitrogens with one attached hydrogen (secondary N) is 1. The maximum atomic E-state index is 12.5. The quantitative estimate of drug-likeness (QED) is 0.219. The zero-order chi connectivity index (χ0) is 23.5. The van der Waals surface area contributed by atoms with Gasteiger partial charge in [-0.05, 0) is 30.3 Å². The smallest absolute Gasteiger partial charge is 0.275 e. The molecule has 5 rings (SSSR count). The Morgan fingerprint density at radius 3 is 2.53 bits per heavy atom. The summed E-state index contributed by atoms with van der Waals surface area (Å²) in [5.41, 5.74) is 2.64. The molecule has 2 N–H and O–H groups in total. The fraction of sp³-hybridized carbons (Fsp3) is 0.0417. The normalized spacial score (nSPS) is 11.4. The van der Waals surface area contributed by atoms with E-state index < -0.39 is 5.91 Å². The van der Waals surface area contributed by atoms with Crippen molar-refractivity contribution in [2.75, 3.05) is 5.75 Å². The topological polar surface area (TPSA) is 109 Å². The number of azo groups is 1. The Balaban J connectivity index is 1.39. The van der Waals surface area contributed by atoms with Crippen LogP contribution in [0.5, 0.6) is 5.88 Å². The molecule has 34 heavy (non-hydrogen) atoms. The number of para-hydroxylation sites is 1. The lowest BCUT2D eigenvalue weighted by Crippen LogP contribution is -2.02. The summed E-state index contributed by atoms with van der Waals surface area (Å²) in [6.45, 7) is 0. The van der Waals surface area contributed by atoms with Gasteiger partial charge in [-0.1, -0.05) is 71.9 Å². The van der Waals surface area contributed by atoms with Crippen LogP contribution in [0, 0.1) is 0 Å². The number of fused-ring (bicyclic) bond motifs is 1. The van der Waals surface area contributed by atoms with Gasteiger partial charge in [0.1, 0.15) is 0 Å². The number of benzene rings is 3. The van der Waals surface area contributed by atoms with Crippen molar-refractivity contribution < 1.29 is 9.90 Å². The predicted molar refractivity (Wildman–Crippen MR) is 132 cm³/mol. The van der Waals surface area contributed by atoms with Crippen LogP contribution in [0.2, 0.25) is 5.02 Å². The maximum absolute atomic E-state index is 12.5. The molecule has 3 aromatic carbocycles. The third kappa shape index (κ3) is 4.43. The van der Waals surface area contributed by atoms with Crippen molar-refractivity contribution >= 4 is 45.9 Å². The van der Waals surface area contributed by atoms with E-state index in [-0.39, 0.29) is 17.3 Å². The highest BCUT2D eigenvalue weighted by molar-refractivity contribution is 7.99. The van der Waals surface area contributed by atoms with Crippen LogP contribution in [-0.4, -0.2) is 36.5 Å². The highest BCUT2D eigenvalue weighted by Crippen LogP contribution is 2.35. The van der Waals surface area contributed by atoms with Crippen molar-refractivity contribution in [2.45, 2.75) is 5.16 Å². The molecule has 0 saturated heterocycles. The molecule has 5 aromatic rings. The summed E-state index contributed by atoms with van der Waals surface area (Å²) in [5.74, 6) is 0.0258. The number of rotatable bonds is 6. The lowest BCUT2D eigenvalue weighted by Gasteiger charge is -2.10. The Hall–Kier alpha value is -3.95. The number of hydrogen-bond acceptors (Lipinski definition) is 6. The number of aromatic amines is 1. The van der Waals surface area contributed by atoms with E-state index >= 15 is 0 Å². The molecule has 0 aliphatic heterocycles. The molecule has 10 heteroatoms. The third-order valence-electron chi connectivity index (χ3n) is 5.00. The van der Waals surface area contributed by atoms with Crippen molar-refractivity contribution in [3.8, 4) is 23.0 Å². The maximum Gasteiger partial charge on any atom is 0.275 e. The fourth-order valence-corrected chi connectivity index (χ4v) is 4.29. The number of aromatic hydroxyl groups is 1. The first kappa shape index (κ1) is 21.9. The molecule has 1 amide bonds. The van der Waals surface area contributed by atoms with Crippen molar-refractivity contribution in [1.29, 1.82) is 0 Å². The van der Waals surface area contributed by atoms with Crippen LogP contribution in [0.25, 0.3) is 28.0 Å². The molecule has 0 unspecified atom stereocenters. The zero-order valence-corrected chi connectivity index (χ0v) is 19.2. The summed E-state index contributed by atoms with van der Waals surface area (Å²) in [6.07, 6.45) is 0. The van der Waals surface area contributed by atoms with E-state index in [9.17, 15) is 9.90 Å². The zero-order valence-electron chi connectivity index (χ0n) is 17.6. The molecule has 0 atom stereocenters. The van der Waals surface area contributed by atoms with Gasteiger partial charge < -0.3 is 10.1 Å². The van der Waals surface area contributed by atoms with Crippen LogP contribution in [0.4, 0.5) is 5.69 Å². The predicted octanol–water partition coefficient (Wildman–Crippen LogP) is 6.18. The van der Waals surface area contributed by atoms with Gasteiger partial charge in [-0.25, -0.2) is 0 Å². The highest BCUT2D eigenvalue weighted by Gasteiger charge is 2.17. The lowest BCUT2D eigenvalue weighted by atomic mass is 10.2. The van der Waals surface area contributed by atoms with Crippen molar-refractivity contribution in [1.82, 2.24) is 19.7 Å². The second-order valence-electron chi connectivity index (χ2n) is 7.23. The molecule has 0 aliphatic rings. The molecule has 8 nitrogen and oxygen atoms in total. The first-order valence-electron chi connectivity index (χ1n) is 10.2. The SMILES string of the molecule is O=C(CSc1nnc(-c2ccccc2)n1-c1ccc(Cl)cc1)N=Nc1c(O)[nH]c2ccccc12. The van der Waals surface area contributed by atoms with E-state index in [2.05, 4.69) is 25.4 Å². The molecule has 0 bridgehead atoms. The van der Waals surface area contributed by atoms with Crippen molar-refractivity contribution in [3.05, 3.63) is 83.9 Å². The summed E-state index contributed by atoms with van der Waals surface area (Å²) in [4.78, 5) is 15.3. The number of hydrogen-bond donors (Lipinski definition) is 2. The minimum Gasteiger partial charge on any atom is -0.493 e. The second kappa shape index (κ2) is 9.50. The van der Waals surface area contributed by atoms with Crippen LogP contribution in [0.15, 0.2) is 94.2 Å². The van der Waals surface area contributed by atoms with Crippen molar-refractivity contribution in [3.63, 3.8) is 0 Å². The first-order valence-corrected chi connectivity index (χ1v) is 11.6. The fourth-order valence-electron chi connectivity index (χ4n) is 3.44. The van der Waals surface area contributed by atoms with Crippen LogP contribution in [-0.2, 0) is 4.79 Å². The van der Waals surface area contributed by atoms with Gasteiger partial charge in [0, 0.05) is 21.7 Å². The van der Waals surface area contributed by atoms with Gasteiger partial charge in [0.25, 0.3) is 5.91 Å². The number of halogens is 1. The Morgan fingerprint density at radius 2 is 1.74 bits per heavy atom. The summed E-state index contributed by atoms with van der Waals surface area (Å²) < 4.78 is 1.87. The molecule has 0 fully saturated rings. The summed E-state index contributed by atoms with van der Waals surface area (Å²) in [6, 6.07) is 24.2. The van der Waals surface area contributed by atoms with E-state index in [0.717, 1.165) is 11.3 Å². The number of H-pyrrole nitrogens is 1. The Bertz CT molecular complexity index is 1500. The minimum atomic E-state index is -0.471. The summed E-state index contributed by atoms with van der Waals surface area (Å²) in [7, 11) is 0. The lowest BCUT2D eigenvalue weighted by molar-refractivity contribution is -0.115. The van der Waals surface area contributed by atoms with Crippen LogP contribution < -0.4 is 0 Å². The van der Waals surface area contributed by atoms with Gasteiger partial charge in [0.05, 0.1) is 11.3 Å². The van der Waals surface area contributed by atoms with Gasteiger partial charge in [-0.15, -0.1) is 20.4 Å².